The Morgan fingerprint density at radius 2 is 1.74 bits per heavy atom. The van der Waals surface area contributed by atoms with Gasteiger partial charge in [-0.1, -0.05) is 25.0 Å². The van der Waals surface area contributed by atoms with Gasteiger partial charge >= 0.3 is 5.97 Å². The first-order chi connectivity index (χ1) is 10.8. The number of benzene rings is 1. The highest BCUT2D eigenvalue weighted by atomic mass is 32.2. The van der Waals surface area contributed by atoms with Crippen LogP contribution in [0, 0.1) is 0 Å². The molecular weight excluding hydrogens is 318 g/mol. The first kappa shape index (κ1) is 17.5. The molecule has 0 atom stereocenters. The van der Waals surface area contributed by atoms with Gasteiger partial charge in [0.15, 0.2) is 9.84 Å². The summed E-state index contributed by atoms with van der Waals surface area (Å²) in [4.78, 5) is 24.3. The van der Waals surface area contributed by atoms with E-state index in [9.17, 15) is 18.0 Å². The molecule has 1 fully saturated rings. The third-order valence-corrected chi connectivity index (χ3v) is 6.32. The predicted molar refractivity (Wildman–Crippen MR) is 85.9 cm³/mol. The summed E-state index contributed by atoms with van der Waals surface area (Å²) in [7, 11) is -1.83. The quantitative estimate of drug-likeness (QED) is 0.852. The molecule has 1 aliphatic rings. The van der Waals surface area contributed by atoms with Crippen LogP contribution in [0.1, 0.15) is 41.6 Å². The molecule has 2 rings (SSSR count). The number of carboxylic acids is 1. The van der Waals surface area contributed by atoms with Crippen molar-refractivity contribution in [2.75, 3.05) is 12.8 Å². The second kappa shape index (κ2) is 7.12. The van der Waals surface area contributed by atoms with Crippen molar-refractivity contribution in [2.24, 2.45) is 0 Å². The minimum Gasteiger partial charge on any atom is -0.478 e. The highest BCUT2D eigenvalue weighted by Crippen LogP contribution is 2.25. The van der Waals surface area contributed by atoms with Gasteiger partial charge in [0.2, 0.25) is 5.91 Å². The van der Waals surface area contributed by atoms with Gasteiger partial charge in [-0.05, 0) is 30.5 Å². The van der Waals surface area contributed by atoms with Crippen LogP contribution in [-0.4, -0.2) is 48.4 Å². The van der Waals surface area contributed by atoms with Gasteiger partial charge in [-0.15, -0.1) is 0 Å². The normalized spacial score (nSPS) is 15.5. The smallest absolute Gasteiger partial charge is 0.335 e. The molecule has 0 spiro atoms. The summed E-state index contributed by atoms with van der Waals surface area (Å²) in [5.41, 5.74) is 0.927. The number of carbonyl (C=O) groups excluding carboxylic acids is 1. The molecular formula is C16H21NO5S. The lowest BCUT2D eigenvalue weighted by Crippen LogP contribution is -2.35. The van der Waals surface area contributed by atoms with E-state index in [2.05, 4.69) is 0 Å². The van der Waals surface area contributed by atoms with Crippen molar-refractivity contribution in [3.63, 3.8) is 0 Å². The fourth-order valence-corrected chi connectivity index (χ4v) is 4.61. The maximum atomic E-state index is 12.2. The Bertz CT molecular complexity index is 675. The van der Waals surface area contributed by atoms with Crippen LogP contribution in [0.15, 0.2) is 24.3 Å². The van der Waals surface area contributed by atoms with Crippen LogP contribution in [-0.2, 0) is 21.2 Å². The lowest BCUT2D eigenvalue weighted by atomic mass is 10.1. The molecule has 1 N–H and O–H groups in total. The van der Waals surface area contributed by atoms with E-state index in [0.29, 0.717) is 12.8 Å². The molecule has 1 amide bonds. The summed E-state index contributed by atoms with van der Waals surface area (Å²) >= 11 is 0. The van der Waals surface area contributed by atoms with Crippen LogP contribution in [0.3, 0.4) is 0 Å². The number of carbonyl (C=O) groups is 2. The molecule has 1 saturated carbocycles. The van der Waals surface area contributed by atoms with Gasteiger partial charge in [-0.25, -0.2) is 13.2 Å². The molecule has 126 valence electrons. The highest BCUT2D eigenvalue weighted by Gasteiger charge is 2.31. The molecule has 1 aromatic rings. The van der Waals surface area contributed by atoms with Gasteiger partial charge in [-0.3, -0.25) is 4.79 Å². The number of sulfone groups is 1. The summed E-state index contributed by atoms with van der Waals surface area (Å²) in [6, 6.07) is 6.17. The SMILES string of the molecule is CN(Cc1ccc(C(=O)O)cc1)C(=O)CS(=O)(=O)C1CCCC1. The fourth-order valence-electron chi connectivity index (χ4n) is 2.76. The maximum absolute atomic E-state index is 12.2. The standard InChI is InChI=1S/C16H21NO5S/c1-17(10-12-6-8-13(9-7-12)16(19)20)15(18)11-23(21,22)14-4-2-3-5-14/h6-9,14H,2-5,10-11H2,1H3,(H,19,20). The second-order valence-electron chi connectivity index (χ2n) is 5.97. The first-order valence-corrected chi connectivity index (χ1v) is 9.29. The molecule has 6 nitrogen and oxygen atoms in total. The monoisotopic (exact) mass is 339 g/mol. The van der Waals surface area contributed by atoms with Crippen molar-refractivity contribution in [2.45, 2.75) is 37.5 Å². The largest absolute Gasteiger partial charge is 0.478 e. The lowest BCUT2D eigenvalue weighted by Gasteiger charge is -2.19. The van der Waals surface area contributed by atoms with Crippen molar-refractivity contribution < 1.29 is 23.1 Å². The number of aromatic carboxylic acids is 1. The first-order valence-electron chi connectivity index (χ1n) is 7.57. The van der Waals surface area contributed by atoms with Crippen LogP contribution in [0.25, 0.3) is 0 Å². The van der Waals surface area contributed by atoms with Crippen molar-refractivity contribution in [1.82, 2.24) is 4.90 Å². The molecule has 0 radical (unpaired) electrons. The van der Waals surface area contributed by atoms with E-state index in [-0.39, 0.29) is 17.4 Å². The molecule has 0 aliphatic heterocycles. The van der Waals surface area contributed by atoms with Crippen LogP contribution in [0.2, 0.25) is 0 Å². The van der Waals surface area contributed by atoms with Crippen molar-refractivity contribution >= 4 is 21.7 Å². The third kappa shape index (κ3) is 4.54. The van der Waals surface area contributed by atoms with Crippen molar-refractivity contribution in [3.8, 4) is 0 Å². The van der Waals surface area contributed by atoms with Crippen molar-refractivity contribution in [3.05, 3.63) is 35.4 Å². The summed E-state index contributed by atoms with van der Waals surface area (Å²) in [6.45, 7) is 0.249. The minimum atomic E-state index is -3.38. The summed E-state index contributed by atoms with van der Waals surface area (Å²) in [5, 5.41) is 8.47. The highest BCUT2D eigenvalue weighted by molar-refractivity contribution is 7.92. The van der Waals surface area contributed by atoms with Crippen LogP contribution < -0.4 is 0 Å². The van der Waals surface area contributed by atoms with Crippen LogP contribution in [0.5, 0.6) is 0 Å². The van der Waals surface area contributed by atoms with E-state index < -0.39 is 27.5 Å². The Morgan fingerprint density at radius 1 is 1.17 bits per heavy atom. The fraction of sp³-hybridized carbons (Fsp3) is 0.500. The third-order valence-electron chi connectivity index (χ3n) is 4.18. The maximum Gasteiger partial charge on any atom is 0.335 e. The van der Waals surface area contributed by atoms with E-state index in [4.69, 9.17) is 5.11 Å². The van der Waals surface area contributed by atoms with E-state index >= 15 is 0 Å². The van der Waals surface area contributed by atoms with Gasteiger partial charge in [0, 0.05) is 13.6 Å². The number of hydrogen-bond donors (Lipinski definition) is 1. The summed E-state index contributed by atoms with van der Waals surface area (Å²) in [6.07, 6.45) is 3.11. The molecule has 0 aromatic heterocycles. The molecule has 7 heteroatoms. The van der Waals surface area contributed by atoms with Gasteiger partial charge < -0.3 is 10.0 Å². The molecule has 23 heavy (non-hydrogen) atoms. The molecule has 1 aliphatic carbocycles. The molecule has 0 unspecified atom stereocenters. The molecule has 1 aromatic carbocycles. The second-order valence-corrected chi connectivity index (χ2v) is 8.25. The molecule has 0 heterocycles. The summed E-state index contributed by atoms with van der Waals surface area (Å²) in [5.74, 6) is -1.90. The Balaban J connectivity index is 1.95. The van der Waals surface area contributed by atoms with Gasteiger partial charge in [-0.2, -0.15) is 0 Å². The van der Waals surface area contributed by atoms with E-state index in [1.54, 1.807) is 19.2 Å². The topological polar surface area (TPSA) is 91.8 Å². The van der Waals surface area contributed by atoms with E-state index in [0.717, 1.165) is 18.4 Å². The van der Waals surface area contributed by atoms with Gasteiger partial charge in [0.25, 0.3) is 0 Å². The van der Waals surface area contributed by atoms with Crippen molar-refractivity contribution in [1.29, 1.82) is 0 Å². The zero-order valence-corrected chi connectivity index (χ0v) is 13.9. The number of carboxylic acid groups (broad SMARTS) is 1. The Morgan fingerprint density at radius 3 is 2.26 bits per heavy atom. The Labute approximate surface area is 136 Å². The number of nitrogens with zero attached hydrogens (tertiary/aromatic N) is 1. The number of amides is 1. The van der Waals surface area contributed by atoms with Gasteiger partial charge in [0.1, 0.15) is 5.75 Å². The van der Waals surface area contributed by atoms with Gasteiger partial charge in [0.05, 0.1) is 10.8 Å². The minimum absolute atomic E-state index is 0.173. The predicted octanol–water partition coefficient (Wildman–Crippen LogP) is 1.70. The summed E-state index contributed by atoms with van der Waals surface area (Å²) < 4.78 is 24.4. The van der Waals surface area contributed by atoms with Crippen LogP contribution >= 0.6 is 0 Å². The van der Waals surface area contributed by atoms with E-state index in [1.807, 2.05) is 0 Å². The zero-order chi connectivity index (χ0) is 17.0. The molecule has 0 saturated heterocycles. The van der Waals surface area contributed by atoms with Crippen LogP contribution in [0.4, 0.5) is 0 Å². The average Bonchev–Trinajstić information content (AvgIpc) is 3.02. The Hall–Kier alpha value is -1.89. The zero-order valence-electron chi connectivity index (χ0n) is 13.1. The number of rotatable bonds is 6. The Kier molecular flexibility index (Phi) is 5.41. The average molecular weight is 339 g/mol. The lowest BCUT2D eigenvalue weighted by molar-refractivity contribution is -0.127. The number of hydrogen-bond acceptors (Lipinski definition) is 4. The van der Waals surface area contributed by atoms with E-state index in [1.165, 1.54) is 17.0 Å². The molecule has 0 bridgehead atoms.